The van der Waals surface area contributed by atoms with E-state index < -0.39 is 0 Å². The summed E-state index contributed by atoms with van der Waals surface area (Å²) in [5, 5.41) is 0. The first kappa shape index (κ1) is 9.70. The lowest BCUT2D eigenvalue weighted by Gasteiger charge is -2.10. The Morgan fingerprint density at radius 3 is 1.89 bits per heavy atom. The third-order valence-corrected chi connectivity index (χ3v) is 3.64. The summed E-state index contributed by atoms with van der Waals surface area (Å²) in [7, 11) is 0. The van der Waals surface area contributed by atoms with Crippen LogP contribution in [0.1, 0.15) is 20.3 Å². The molecule has 55 valence electrons. The van der Waals surface area contributed by atoms with Gasteiger partial charge in [-0.1, -0.05) is 20.8 Å². The zero-order valence-electron chi connectivity index (χ0n) is 6.22. The molecule has 0 rings (SSSR count). The van der Waals surface area contributed by atoms with E-state index in [2.05, 4.69) is 20.8 Å². The summed E-state index contributed by atoms with van der Waals surface area (Å²) in [6.45, 7) is 8.28. The Hall–Kier alpha value is 0.700. The fourth-order valence-corrected chi connectivity index (χ4v) is 2.86. The third kappa shape index (κ3) is 5.16. The van der Waals surface area contributed by atoms with Crippen LogP contribution in [0.2, 0.25) is 0 Å². The van der Waals surface area contributed by atoms with Crippen LogP contribution in [0, 0.1) is 6.92 Å². The smallest absolute Gasteiger partial charge is 0.0502 e. The highest BCUT2D eigenvalue weighted by Gasteiger charge is 2.02. The van der Waals surface area contributed by atoms with Crippen LogP contribution in [0.5, 0.6) is 0 Å². The topological polar surface area (TPSA) is 0 Å². The van der Waals surface area contributed by atoms with Crippen molar-refractivity contribution in [3.63, 3.8) is 0 Å². The van der Waals surface area contributed by atoms with Crippen molar-refractivity contribution in [1.29, 1.82) is 0 Å². The quantitative estimate of drug-likeness (QED) is 0.571. The molecule has 0 aromatic carbocycles. The third-order valence-electron chi connectivity index (χ3n) is 0.941. The van der Waals surface area contributed by atoms with Gasteiger partial charge in [0, 0.05) is 0 Å². The minimum absolute atomic E-state index is 0.736. The molecule has 0 aromatic heterocycles. The van der Waals surface area contributed by atoms with Crippen molar-refractivity contribution in [2.75, 3.05) is 11.5 Å². The minimum atomic E-state index is 0.736. The standard InChI is InChI=1S/C7H15S2/c1-4-7(8-5-2)9-6-3/h7H,1,4-6H2,2-3H3. The second kappa shape index (κ2) is 6.81. The Kier molecular flexibility index (Phi) is 7.34. The number of hydrogen-bond donors (Lipinski definition) is 0. The largest absolute Gasteiger partial charge is 0.148 e. The van der Waals surface area contributed by atoms with Crippen LogP contribution in [0.15, 0.2) is 0 Å². The molecule has 0 aromatic rings. The van der Waals surface area contributed by atoms with E-state index >= 15 is 0 Å². The van der Waals surface area contributed by atoms with E-state index in [0.717, 1.165) is 11.0 Å². The Labute approximate surface area is 67.2 Å². The highest BCUT2D eigenvalue weighted by atomic mass is 32.2. The predicted molar refractivity (Wildman–Crippen MR) is 50.0 cm³/mol. The van der Waals surface area contributed by atoms with E-state index in [-0.39, 0.29) is 0 Å². The molecule has 0 N–H and O–H groups in total. The van der Waals surface area contributed by atoms with Gasteiger partial charge in [-0.3, -0.25) is 0 Å². The summed E-state index contributed by atoms with van der Waals surface area (Å²) in [5.74, 6) is 2.43. The lowest BCUT2D eigenvalue weighted by atomic mass is 10.6. The van der Waals surface area contributed by atoms with Crippen molar-refractivity contribution < 1.29 is 0 Å². The average Bonchev–Trinajstić information content (AvgIpc) is 1.88. The fraction of sp³-hybridized carbons (Fsp3) is 0.857. The second-order valence-corrected chi connectivity index (χ2v) is 4.89. The van der Waals surface area contributed by atoms with Crippen LogP contribution in [0.3, 0.4) is 0 Å². The molecule has 2 heteroatoms. The van der Waals surface area contributed by atoms with E-state index in [1.54, 1.807) is 0 Å². The number of thioether (sulfide) groups is 2. The molecule has 0 fully saturated rings. The van der Waals surface area contributed by atoms with Gasteiger partial charge in [-0.15, -0.1) is 23.5 Å². The number of hydrogen-bond acceptors (Lipinski definition) is 2. The Morgan fingerprint density at radius 1 is 1.22 bits per heavy atom. The monoisotopic (exact) mass is 163 g/mol. The van der Waals surface area contributed by atoms with Gasteiger partial charge in [0.05, 0.1) is 4.58 Å². The molecule has 0 unspecified atom stereocenters. The molecule has 0 aliphatic carbocycles. The molecule has 9 heavy (non-hydrogen) atoms. The van der Waals surface area contributed by atoms with Crippen molar-refractivity contribution >= 4 is 23.5 Å². The van der Waals surface area contributed by atoms with Crippen LogP contribution < -0.4 is 0 Å². The van der Waals surface area contributed by atoms with E-state index in [0.29, 0.717) is 0 Å². The predicted octanol–water partition coefficient (Wildman–Crippen LogP) is 3.04. The van der Waals surface area contributed by atoms with Gasteiger partial charge in [0.1, 0.15) is 0 Å². The van der Waals surface area contributed by atoms with Crippen LogP contribution in [-0.2, 0) is 0 Å². The number of rotatable bonds is 5. The molecular weight excluding hydrogens is 148 g/mol. The maximum absolute atomic E-state index is 3.88. The molecule has 0 aliphatic heterocycles. The molecular formula is C7H15S2. The van der Waals surface area contributed by atoms with Gasteiger partial charge < -0.3 is 0 Å². The second-order valence-electron chi connectivity index (χ2n) is 1.63. The van der Waals surface area contributed by atoms with Gasteiger partial charge in [0.15, 0.2) is 0 Å². The summed E-state index contributed by atoms with van der Waals surface area (Å²) in [6, 6.07) is 0. The molecule has 0 nitrogen and oxygen atoms in total. The maximum atomic E-state index is 3.88. The van der Waals surface area contributed by atoms with Crippen LogP contribution in [0.25, 0.3) is 0 Å². The van der Waals surface area contributed by atoms with Gasteiger partial charge in [-0.25, -0.2) is 0 Å². The van der Waals surface area contributed by atoms with E-state index in [9.17, 15) is 0 Å². The molecule has 0 saturated carbocycles. The molecule has 1 radical (unpaired) electrons. The first-order chi connectivity index (χ1) is 4.35. The normalized spacial score (nSPS) is 10.7. The van der Waals surface area contributed by atoms with Crippen LogP contribution in [-0.4, -0.2) is 16.1 Å². The summed E-state index contributed by atoms with van der Waals surface area (Å²) in [5.41, 5.74) is 0. The molecule has 0 heterocycles. The molecule has 0 atom stereocenters. The first-order valence-corrected chi connectivity index (χ1v) is 5.47. The average molecular weight is 163 g/mol. The zero-order chi connectivity index (χ0) is 7.11. The minimum Gasteiger partial charge on any atom is -0.148 e. The zero-order valence-corrected chi connectivity index (χ0v) is 7.86. The lowest BCUT2D eigenvalue weighted by Crippen LogP contribution is -1.94. The Balaban J connectivity index is 3.18. The fourth-order valence-electron chi connectivity index (χ4n) is 0.587. The molecule has 0 aliphatic rings. The Bertz CT molecular complexity index is 48.9. The van der Waals surface area contributed by atoms with Gasteiger partial charge >= 0.3 is 0 Å². The van der Waals surface area contributed by atoms with Crippen molar-refractivity contribution in [2.45, 2.75) is 24.9 Å². The van der Waals surface area contributed by atoms with Gasteiger partial charge in [0.25, 0.3) is 0 Å². The summed E-state index contributed by atoms with van der Waals surface area (Å²) >= 11 is 4.00. The van der Waals surface area contributed by atoms with Crippen molar-refractivity contribution in [2.24, 2.45) is 0 Å². The van der Waals surface area contributed by atoms with Crippen molar-refractivity contribution in [1.82, 2.24) is 0 Å². The van der Waals surface area contributed by atoms with E-state index in [4.69, 9.17) is 0 Å². The summed E-state index contributed by atoms with van der Waals surface area (Å²) < 4.78 is 0.736. The Morgan fingerprint density at radius 2 is 1.67 bits per heavy atom. The lowest BCUT2D eigenvalue weighted by molar-refractivity contribution is 1.17. The van der Waals surface area contributed by atoms with E-state index in [1.807, 2.05) is 23.5 Å². The highest BCUT2D eigenvalue weighted by molar-refractivity contribution is 8.16. The van der Waals surface area contributed by atoms with Gasteiger partial charge in [0.2, 0.25) is 0 Å². The molecule has 0 spiro atoms. The van der Waals surface area contributed by atoms with Crippen LogP contribution >= 0.6 is 23.5 Å². The molecule has 0 amide bonds. The van der Waals surface area contributed by atoms with Gasteiger partial charge in [-0.05, 0) is 17.9 Å². The summed E-state index contributed by atoms with van der Waals surface area (Å²) in [4.78, 5) is 0. The van der Waals surface area contributed by atoms with Crippen molar-refractivity contribution in [3.8, 4) is 0 Å². The SMILES string of the molecule is [CH2]CC(SCC)SCC. The van der Waals surface area contributed by atoms with Crippen LogP contribution in [0.4, 0.5) is 0 Å². The molecule has 0 saturated heterocycles. The van der Waals surface area contributed by atoms with Crippen molar-refractivity contribution in [3.05, 3.63) is 6.92 Å². The maximum Gasteiger partial charge on any atom is 0.0502 e. The van der Waals surface area contributed by atoms with Gasteiger partial charge in [-0.2, -0.15) is 0 Å². The summed E-state index contributed by atoms with van der Waals surface area (Å²) in [6.07, 6.45) is 1.05. The first-order valence-electron chi connectivity index (χ1n) is 3.37. The molecule has 0 bridgehead atoms. The highest BCUT2D eigenvalue weighted by Crippen LogP contribution is 2.25. The van der Waals surface area contributed by atoms with E-state index in [1.165, 1.54) is 11.5 Å².